The number of para-hydroxylation sites is 1. The van der Waals surface area contributed by atoms with E-state index in [2.05, 4.69) is 18.7 Å². The number of ether oxygens (including phenoxy) is 1. The third kappa shape index (κ3) is 5.66. The van der Waals surface area contributed by atoms with Crippen LogP contribution in [0.3, 0.4) is 0 Å². The van der Waals surface area contributed by atoms with Gasteiger partial charge in [0, 0.05) is 23.1 Å². The summed E-state index contributed by atoms with van der Waals surface area (Å²) in [5, 5.41) is 0.735. The van der Waals surface area contributed by atoms with Crippen LogP contribution in [0.5, 0.6) is 5.75 Å². The summed E-state index contributed by atoms with van der Waals surface area (Å²) in [5.41, 5.74) is 2.31. The van der Waals surface area contributed by atoms with Gasteiger partial charge in [-0.15, -0.1) is 12.4 Å². The third-order valence-electron chi connectivity index (χ3n) is 5.83. The fourth-order valence-corrected chi connectivity index (χ4v) is 3.94. The van der Waals surface area contributed by atoms with E-state index in [0.717, 1.165) is 42.8 Å². The van der Waals surface area contributed by atoms with Crippen molar-refractivity contribution in [1.82, 2.24) is 4.90 Å². The standard InChI is InChI=1S/C28H28FNO3.ClH/c1-3-30(4-2)18-7-19-32-23-16-12-21(13-17-23)28-26(24-8-5-6-9-25(24)33-28)27(31)20-10-14-22(29)15-11-20;/h5-6,8-17H,3-4,7,18-19H2,1-2H3;1H. The molecule has 4 aromatic rings. The van der Waals surface area contributed by atoms with Gasteiger partial charge < -0.3 is 14.1 Å². The van der Waals surface area contributed by atoms with Crippen molar-refractivity contribution in [1.29, 1.82) is 0 Å². The summed E-state index contributed by atoms with van der Waals surface area (Å²) >= 11 is 0. The van der Waals surface area contributed by atoms with E-state index in [1.807, 2.05) is 48.5 Å². The number of rotatable bonds is 10. The fraction of sp³-hybridized carbons (Fsp3) is 0.250. The predicted molar refractivity (Wildman–Crippen MR) is 137 cm³/mol. The zero-order valence-electron chi connectivity index (χ0n) is 19.4. The Morgan fingerprint density at radius 3 is 2.29 bits per heavy atom. The largest absolute Gasteiger partial charge is 0.494 e. The summed E-state index contributed by atoms with van der Waals surface area (Å²) in [4.78, 5) is 15.7. The van der Waals surface area contributed by atoms with Gasteiger partial charge in [0.25, 0.3) is 0 Å². The van der Waals surface area contributed by atoms with Crippen LogP contribution in [0, 0.1) is 5.82 Å². The van der Waals surface area contributed by atoms with Crippen molar-refractivity contribution in [3.8, 4) is 17.1 Å². The van der Waals surface area contributed by atoms with Crippen molar-refractivity contribution in [3.05, 3.63) is 89.7 Å². The smallest absolute Gasteiger partial charge is 0.197 e. The van der Waals surface area contributed by atoms with Crippen LogP contribution < -0.4 is 4.74 Å². The second-order valence-corrected chi connectivity index (χ2v) is 7.89. The summed E-state index contributed by atoms with van der Waals surface area (Å²) in [6, 6.07) is 20.6. The van der Waals surface area contributed by atoms with E-state index in [1.54, 1.807) is 0 Å². The number of nitrogens with zero attached hydrogens (tertiary/aromatic N) is 1. The molecule has 0 aliphatic heterocycles. The topological polar surface area (TPSA) is 42.7 Å². The zero-order chi connectivity index (χ0) is 23.2. The number of fused-ring (bicyclic) bond motifs is 1. The number of carbonyl (C=O) groups excluding carboxylic acids is 1. The molecule has 4 rings (SSSR count). The van der Waals surface area contributed by atoms with E-state index in [9.17, 15) is 9.18 Å². The summed E-state index contributed by atoms with van der Waals surface area (Å²) in [6.45, 7) is 8.07. The number of carbonyl (C=O) groups is 1. The first kappa shape index (κ1) is 25.5. The van der Waals surface area contributed by atoms with Crippen LogP contribution in [-0.4, -0.2) is 36.9 Å². The maximum absolute atomic E-state index is 13.4. The molecule has 6 heteroatoms. The molecule has 0 saturated heterocycles. The van der Waals surface area contributed by atoms with Crippen molar-refractivity contribution in [2.45, 2.75) is 20.3 Å². The second-order valence-electron chi connectivity index (χ2n) is 7.89. The maximum atomic E-state index is 13.4. The summed E-state index contributed by atoms with van der Waals surface area (Å²) in [7, 11) is 0. The number of ketones is 1. The molecule has 0 saturated carbocycles. The van der Waals surface area contributed by atoms with E-state index >= 15 is 0 Å². The molecular formula is C28H29ClFNO3. The van der Waals surface area contributed by atoms with E-state index in [1.165, 1.54) is 24.3 Å². The second kappa shape index (κ2) is 11.8. The van der Waals surface area contributed by atoms with Gasteiger partial charge in [0.15, 0.2) is 5.78 Å². The highest BCUT2D eigenvalue weighted by Crippen LogP contribution is 2.35. The predicted octanol–water partition coefficient (Wildman–Crippen LogP) is 7.00. The average molecular weight is 482 g/mol. The van der Waals surface area contributed by atoms with Crippen LogP contribution in [0.4, 0.5) is 4.39 Å². The molecule has 0 radical (unpaired) electrons. The van der Waals surface area contributed by atoms with Gasteiger partial charge in [-0.2, -0.15) is 0 Å². The monoisotopic (exact) mass is 481 g/mol. The molecule has 4 nitrogen and oxygen atoms in total. The molecule has 0 spiro atoms. The lowest BCUT2D eigenvalue weighted by Crippen LogP contribution is -2.25. The molecule has 3 aromatic carbocycles. The minimum absolute atomic E-state index is 0. The Kier molecular flexibility index (Phi) is 8.85. The van der Waals surface area contributed by atoms with Crippen LogP contribution >= 0.6 is 12.4 Å². The highest BCUT2D eigenvalue weighted by molar-refractivity contribution is 6.19. The SMILES string of the molecule is CCN(CC)CCCOc1ccc(-c2oc3ccccc3c2C(=O)c2ccc(F)cc2)cc1.Cl. The van der Waals surface area contributed by atoms with Crippen molar-refractivity contribution < 1.29 is 18.3 Å². The molecule has 0 fully saturated rings. The minimum atomic E-state index is -0.378. The van der Waals surface area contributed by atoms with Gasteiger partial charge >= 0.3 is 0 Å². The number of hydrogen-bond acceptors (Lipinski definition) is 4. The van der Waals surface area contributed by atoms with Crippen molar-refractivity contribution in [3.63, 3.8) is 0 Å². The first-order valence-electron chi connectivity index (χ1n) is 11.4. The Morgan fingerprint density at radius 1 is 0.941 bits per heavy atom. The van der Waals surface area contributed by atoms with E-state index in [0.29, 0.717) is 29.1 Å². The van der Waals surface area contributed by atoms with Gasteiger partial charge in [-0.05, 0) is 74.1 Å². The minimum Gasteiger partial charge on any atom is -0.494 e. The molecule has 34 heavy (non-hydrogen) atoms. The van der Waals surface area contributed by atoms with Crippen LogP contribution in [0.2, 0.25) is 0 Å². The molecule has 178 valence electrons. The Labute approximate surface area is 205 Å². The highest BCUT2D eigenvalue weighted by Gasteiger charge is 2.23. The summed E-state index contributed by atoms with van der Waals surface area (Å²) in [5.74, 6) is 0.697. The number of halogens is 2. The first-order valence-corrected chi connectivity index (χ1v) is 11.4. The average Bonchev–Trinajstić information content (AvgIpc) is 3.24. The van der Waals surface area contributed by atoms with Crippen molar-refractivity contribution >= 4 is 29.2 Å². The van der Waals surface area contributed by atoms with Crippen LogP contribution in [0.1, 0.15) is 36.2 Å². The van der Waals surface area contributed by atoms with Gasteiger partial charge in [0.1, 0.15) is 22.9 Å². The van der Waals surface area contributed by atoms with Gasteiger partial charge in [-0.3, -0.25) is 4.79 Å². The molecule has 0 atom stereocenters. The lowest BCUT2D eigenvalue weighted by molar-refractivity contribution is 0.104. The van der Waals surface area contributed by atoms with E-state index in [4.69, 9.17) is 9.15 Å². The summed E-state index contributed by atoms with van der Waals surface area (Å²) in [6.07, 6.45) is 0.962. The molecule has 1 heterocycles. The molecule has 0 bridgehead atoms. The quantitative estimate of drug-likeness (QED) is 0.180. The van der Waals surface area contributed by atoms with Gasteiger partial charge in [0.05, 0.1) is 12.2 Å². The zero-order valence-corrected chi connectivity index (χ0v) is 20.2. The van der Waals surface area contributed by atoms with Crippen molar-refractivity contribution in [2.24, 2.45) is 0 Å². The van der Waals surface area contributed by atoms with Crippen LogP contribution in [0.15, 0.2) is 77.2 Å². The summed E-state index contributed by atoms with van der Waals surface area (Å²) < 4.78 is 25.4. The Balaban J connectivity index is 0.00000324. The first-order chi connectivity index (χ1) is 16.1. The molecule has 0 unspecified atom stereocenters. The molecule has 0 N–H and O–H groups in total. The van der Waals surface area contributed by atoms with Crippen LogP contribution in [0.25, 0.3) is 22.3 Å². The Hall–Kier alpha value is -3.15. The highest BCUT2D eigenvalue weighted by atomic mass is 35.5. The van der Waals surface area contributed by atoms with Crippen LogP contribution in [-0.2, 0) is 0 Å². The number of furan rings is 1. The van der Waals surface area contributed by atoms with E-state index in [-0.39, 0.29) is 24.0 Å². The maximum Gasteiger partial charge on any atom is 0.197 e. The van der Waals surface area contributed by atoms with Gasteiger partial charge in [-0.1, -0.05) is 32.0 Å². The molecule has 0 aliphatic rings. The normalized spacial score (nSPS) is 10.9. The Morgan fingerprint density at radius 2 is 1.62 bits per heavy atom. The van der Waals surface area contributed by atoms with E-state index < -0.39 is 0 Å². The molecular weight excluding hydrogens is 453 g/mol. The number of benzene rings is 3. The lowest BCUT2D eigenvalue weighted by atomic mass is 9.97. The molecule has 0 amide bonds. The Bertz CT molecular complexity index is 1210. The fourth-order valence-electron chi connectivity index (χ4n) is 3.94. The molecule has 1 aromatic heterocycles. The molecule has 0 aliphatic carbocycles. The third-order valence-corrected chi connectivity index (χ3v) is 5.83. The van der Waals surface area contributed by atoms with Crippen molar-refractivity contribution in [2.75, 3.05) is 26.2 Å². The lowest BCUT2D eigenvalue weighted by Gasteiger charge is -2.17. The van der Waals surface area contributed by atoms with Gasteiger partial charge in [0.2, 0.25) is 0 Å². The number of hydrogen-bond donors (Lipinski definition) is 0. The van der Waals surface area contributed by atoms with Gasteiger partial charge in [-0.25, -0.2) is 4.39 Å².